The molecule has 2 rings (SSSR count). The van der Waals surface area contributed by atoms with E-state index in [2.05, 4.69) is 20.9 Å². The first-order valence-electron chi connectivity index (χ1n) is 5.16. The average Bonchev–Trinajstić information content (AvgIpc) is 2.76. The molecule has 1 aromatic heterocycles. The van der Waals surface area contributed by atoms with Crippen molar-refractivity contribution in [1.82, 2.24) is 4.98 Å². The fraction of sp³-hybridized carbons (Fsp3) is 0.250. The Morgan fingerprint density at radius 3 is 2.71 bits per heavy atom. The lowest BCUT2D eigenvalue weighted by Gasteiger charge is -2.26. The topological polar surface area (TPSA) is 33.1 Å². The highest BCUT2D eigenvalue weighted by Crippen LogP contribution is 2.40. The molecule has 0 amide bonds. The van der Waals surface area contributed by atoms with Gasteiger partial charge >= 0.3 is 0 Å². The number of hydrogen-bond acceptors (Lipinski definition) is 3. The third-order valence-electron chi connectivity index (χ3n) is 2.73. The summed E-state index contributed by atoms with van der Waals surface area (Å²) < 4.78 is 14.4. The average molecular weight is 316 g/mol. The molecule has 1 aromatic carbocycles. The SMILES string of the molecule is CCC(O)(c1ccccc1F)c1scnc1Br. The van der Waals surface area contributed by atoms with Gasteiger partial charge < -0.3 is 5.11 Å². The summed E-state index contributed by atoms with van der Waals surface area (Å²) in [6.45, 7) is 1.82. The summed E-state index contributed by atoms with van der Waals surface area (Å²) in [5.41, 5.74) is 0.583. The predicted octanol–water partition coefficient (Wildman–Crippen LogP) is 3.69. The number of thiazole rings is 1. The summed E-state index contributed by atoms with van der Waals surface area (Å²) in [6.07, 6.45) is 0.384. The van der Waals surface area contributed by atoms with Crippen molar-refractivity contribution in [3.63, 3.8) is 0 Å². The van der Waals surface area contributed by atoms with Gasteiger partial charge in [-0.15, -0.1) is 11.3 Å². The molecule has 0 radical (unpaired) electrons. The Labute approximate surface area is 111 Å². The standard InChI is InChI=1S/C12H11BrFNOS/c1-2-12(16,10-11(13)15-7-17-10)8-5-3-4-6-9(8)14/h3-7,16H,2H2,1H3. The van der Waals surface area contributed by atoms with Crippen LogP contribution < -0.4 is 0 Å². The van der Waals surface area contributed by atoms with E-state index in [9.17, 15) is 9.50 Å². The van der Waals surface area contributed by atoms with Gasteiger partial charge in [0.05, 0.1) is 10.4 Å². The molecule has 1 atom stereocenters. The second-order valence-corrected chi connectivity index (χ2v) is 5.27. The maximum atomic E-state index is 13.8. The predicted molar refractivity (Wildman–Crippen MR) is 69.5 cm³/mol. The first-order chi connectivity index (χ1) is 8.09. The lowest BCUT2D eigenvalue weighted by atomic mass is 9.89. The van der Waals surface area contributed by atoms with Crippen molar-refractivity contribution < 1.29 is 9.50 Å². The summed E-state index contributed by atoms with van der Waals surface area (Å²) in [5.74, 6) is -0.405. The van der Waals surface area contributed by atoms with Crippen molar-refractivity contribution in [3.8, 4) is 0 Å². The van der Waals surface area contributed by atoms with Crippen molar-refractivity contribution in [2.24, 2.45) is 0 Å². The Balaban J connectivity index is 2.60. The van der Waals surface area contributed by atoms with Crippen molar-refractivity contribution in [2.45, 2.75) is 18.9 Å². The van der Waals surface area contributed by atoms with E-state index in [4.69, 9.17) is 0 Å². The van der Waals surface area contributed by atoms with Gasteiger partial charge in [0.1, 0.15) is 16.0 Å². The third kappa shape index (κ3) is 2.14. The zero-order valence-electron chi connectivity index (χ0n) is 9.15. The molecule has 0 aliphatic carbocycles. The van der Waals surface area contributed by atoms with E-state index in [-0.39, 0.29) is 5.56 Å². The van der Waals surface area contributed by atoms with Crippen molar-refractivity contribution in [2.75, 3.05) is 0 Å². The van der Waals surface area contributed by atoms with Gasteiger partial charge in [0, 0.05) is 5.56 Å². The summed E-state index contributed by atoms with van der Waals surface area (Å²) >= 11 is 4.59. The van der Waals surface area contributed by atoms with Crippen LogP contribution >= 0.6 is 27.3 Å². The second-order valence-electron chi connectivity index (χ2n) is 3.67. The van der Waals surface area contributed by atoms with E-state index < -0.39 is 11.4 Å². The number of halogens is 2. The van der Waals surface area contributed by atoms with E-state index in [0.29, 0.717) is 15.9 Å². The van der Waals surface area contributed by atoms with E-state index in [1.807, 2.05) is 6.92 Å². The van der Waals surface area contributed by atoms with Crippen LogP contribution in [0.2, 0.25) is 0 Å². The van der Waals surface area contributed by atoms with Gasteiger partial charge in [-0.25, -0.2) is 9.37 Å². The smallest absolute Gasteiger partial charge is 0.129 e. The highest BCUT2D eigenvalue weighted by molar-refractivity contribution is 9.10. The maximum absolute atomic E-state index is 13.8. The molecule has 1 heterocycles. The van der Waals surface area contributed by atoms with Crippen LogP contribution in [0.1, 0.15) is 23.8 Å². The molecule has 0 aliphatic rings. The first-order valence-corrected chi connectivity index (χ1v) is 6.83. The third-order valence-corrected chi connectivity index (χ3v) is 4.57. The van der Waals surface area contributed by atoms with Crippen LogP contribution in [0, 0.1) is 5.82 Å². The van der Waals surface area contributed by atoms with Crippen molar-refractivity contribution in [1.29, 1.82) is 0 Å². The van der Waals surface area contributed by atoms with Crippen molar-refractivity contribution >= 4 is 27.3 Å². The largest absolute Gasteiger partial charge is 0.379 e. The van der Waals surface area contributed by atoms with Gasteiger partial charge in [-0.2, -0.15) is 0 Å². The Morgan fingerprint density at radius 1 is 1.47 bits per heavy atom. The molecule has 1 N–H and O–H groups in total. The molecule has 0 fully saturated rings. The molecule has 2 nitrogen and oxygen atoms in total. The fourth-order valence-corrected chi connectivity index (χ4v) is 3.48. The number of rotatable bonds is 3. The molecule has 0 spiro atoms. The Hall–Kier alpha value is -0.780. The lowest BCUT2D eigenvalue weighted by molar-refractivity contribution is 0.0754. The van der Waals surface area contributed by atoms with Gasteiger partial charge in [-0.1, -0.05) is 25.1 Å². The molecule has 1 unspecified atom stereocenters. The van der Waals surface area contributed by atoms with Crippen LogP contribution in [0.3, 0.4) is 0 Å². The number of hydrogen-bond donors (Lipinski definition) is 1. The number of benzene rings is 1. The normalized spacial score (nSPS) is 14.6. The zero-order valence-corrected chi connectivity index (χ0v) is 11.6. The van der Waals surface area contributed by atoms with Crippen LogP contribution in [0.25, 0.3) is 0 Å². The van der Waals surface area contributed by atoms with E-state index in [1.165, 1.54) is 17.4 Å². The Morgan fingerprint density at radius 2 is 2.18 bits per heavy atom. The number of aliphatic hydroxyl groups is 1. The fourth-order valence-electron chi connectivity index (χ4n) is 1.77. The number of aromatic nitrogens is 1. The molecule has 0 bridgehead atoms. The molecule has 2 aromatic rings. The zero-order chi connectivity index (χ0) is 12.5. The molecule has 17 heavy (non-hydrogen) atoms. The summed E-state index contributed by atoms with van der Waals surface area (Å²) in [6, 6.07) is 6.28. The lowest BCUT2D eigenvalue weighted by Crippen LogP contribution is -2.27. The van der Waals surface area contributed by atoms with Gasteiger partial charge in [0.15, 0.2) is 0 Å². The second kappa shape index (κ2) is 4.84. The van der Waals surface area contributed by atoms with Crippen LogP contribution in [-0.4, -0.2) is 10.1 Å². The minimum Gasteiger partial charge on any atom is -0.379 e. The van der Waals surface area contributed by atoms with Crippen LogP contribution in [0.5, 0.6) is 0 Å². The van der Waals surface area contributed by atoms with Gasteiger partial charge in [0.25, 0.3) is 0 Å². The summed E-state index contributed by atoms with van der Waals surface area (Å²) in [4.78, 5) is 4.67. The summed E-state index contributed by atoms with van der Waals surface area (Å²) in [7, 11) is 0. The molecule has 90 valence electrons. The molecular formula is C12H11BrFNOS. The van der Waals surface area contributed by atoms with Crippen LogP contribution in [0.4, 0.5) is 4.39 Å². The minimum atomic E-state index is -1.33. The summed E-state index contributed by atoms with van der Waals surface area (Å²) in [5, 5.41) is 10.7. The van der Waals surface area contributed by atoms with Gasteiger partial charge in [-0.3, -0.25) is 0 Å². The molecule has 0 aliphatic heterocycles. The van der Waals surface area contributed by atoms with Gasteiger partial charge in [0.2, 0.25) is 0 Å². The monoisotopic (exact) mass is 315 g/mol. The molecular weight excluding hydrogens is 305 g/mol. The van der Waals surface area contributed by atoms with E-state index in [0.717, 1.165) is 0 Å². The Bertz CT molecular complexity index is 531. The quantitative estimate of drug-likeness (QED) is 0.937. The highest BCUT2D eigenvalue weighted by atomic mass is 79.9. The Kier molecular flexibility index (Phi) is 3.61. The van der Waals surface area contributed by atoms with E-state index >= 15 is 0 Å². The molecule has 5 heteroatoms. The molecule has 0 saturated heterocycles. The maximum Gasteiger partial charge on any atom is 0.129 e. The highest BCUT2D eigenvalue weighted by Gasteiger charge is 2.35. The minimum absolute atomic E-state index is 0.285. The first kappa shape index (κ1) is 12.7. The van der Waals surface area contributed by atoms with E-state index in [1.54, 1.807) is 23.7 Å². The molecule has 0 saturated carbocycles. The van der Waals surface area contributed by atoms with Crippen LogP contribution in [-0.2, 0) is 5.60 Å². The number of nitrogens with zero attached hydrogens (tertiary/aromatic N) is 1. The van der Waals surface area contributed by atoms with Gasteiger partial charge in [-0.05, 0) is 28.4 Å². The van der Waals surface area contributed by atoms with Crippen molar-refractivity contribution in [3.05, 3.63) is 50.6 Å². The van der Waals surface area contributed by atoms with Crippen LogP contribution in [0.15, 0.2) is 34.4 Å².